The molecule has 1 unspecified atom stereocenters. The zero-order valence-corrected chi connectivity index (χ0v) is 12.0. The molecule has 0 amide bonds. The molecule has 1 aliphatic rings. The lowest BCUT2D eigenvalue weighted by Gasteiger charge is -2.46. The van der Waals surface area contributed by atoms with E-state index in [4.69, 9.17) is 5.73 Å². The topological polar surface area (TPSA) is 62.4 Å². The Bertz CT molecular complexity index is 414. The van der Waals surface area contributed by atoms with E-state index in [1.807, 2.05) is 0 Å². The Morgan fingerprint density at radius 2 is 2.05 bits per heavy atom. The Balaban J connectivity index is 2.16. The summed E-state index contributed by atoms with van der Waals surface area (Å²) in [7, 11) is 4.14. The summed E-state index contributed by atoms with van der Waals surface area (Å²) in [6.07, 6.45) is 9.42. The molecule has 1 fully saturated rings. The molecular weight excluding hydrogens is 238 g/mol. The van der Waals surface area contributed by atoms with Crippen LogP contribution < -0.4 is 5.73 Å². The van der Waals surface area contributed by atoms with Crippen LogP contribution in [0.5, 0.6) is 0 Å². The van der Waals surface area contributed by atoms with Crippen LogP contribution in [0.4, 0.5) is 5.69 Å². The number of aliphatic hydroxyl groups is 1. The maximum atomic E-state index is 10.7. The molecule has 0 aliphatic heterocycles. The lowest BCUT2D eigenvalue weighted by Crippen LogP contribution is -2.55. The Morgan fingerprint density at radius 1 is 1.37 bits per heavy atom. The second-order valence-electron chi connectivity index (χ2n) is 5.85. The van der Waals surface area contributed by atoms with Crippen LogP contribution in [0.3, 0.4) is 0 Å². The first-order valence-corrected chi connectivity index (χ1v) is 7.10. The SMILES string of the molecule is CN(C)C1(C(O)Cc2cnccc2N)CCCCC1. The zero-order valence-electron chi connectivity index (χ0n) is 12.0. The maximum Gasteiger partial charge on any atom is 0.0765 e. The smallest absolute Gasteiger partial charge is 0.0765 e. The molecule has 2 rings (SSSR count). The third kappa shape index (κ3) is 2.90. The fourth-order valence-corrected chi connectivity index (χ4v) is 3.25. The number of nitrogens with two attached hydrogens (primary N) is 1. The quantitative estimate of drug-likeness (QED) is 0.870. The summed E-state index contributed by atoms with van der Waals surface area (Å²) in [6.45, 7) is 0. The lowest BCUT2D eigenvalue weighted by molar-refractivity contribution is -0.0309. The van der Waals surface area contributed by atoms with Gasteiger partial charge >= 0.3 is 0 Å². The van der Waals surface area contributed by atoms with E-state index in [0.29, 0.717) is 6.42 Å². The minimum atomic E-state index is -0.394. The Kier molecular flexibility index (Phi) is 4.42. The van der Waals surface area contributed by atoms with Crippen LogP contribution >= 0.6 is 0 Å². The van der Waals surface area contributed by atoms with E-state index in [9.17, 15) is 5.11 Å². The van der Waals surface area contributed by atoms with E-state index in [-0.39, 0.29) is 5.54 Å². The molecule has 3 N–H and O–H groups in total. The molecule has 0 aromatic carbocycles. The van der Waals surface area contributed by atoms with Gasteiger partial charge in [-0.15, -0.1) is 0 Å². The average Bonchev–Trinajstić information content (AvgIpc) is 2.42. The molecule has 0 radical (unpaired) electrons. The van der Waals surface area contributed by atoms with Crippen molar-refractivity contribution >= 4 is 5.69 Å². The number of hydrogen-bond donors (Lipinski definition) is 2. The third-order valence-corrected chi connectivity index (χ3v) is 4.58. The molecule has 0 bridgehead atoms. The van der Waals surface area contributed by atoms with Gasteiger partial charge in [-0.05, 0) is 38.6 Å². The van der Waals surface area contributed by atoms with E-state index >= 15 is 0 Å². The number of pyridine rings is 1. The van der Waals surface area contributed by atoms with Crippen LogP contribution in [-0.2, 0) is 6.42 Å². The minimum Gasteiger partial charge on any atom is -0.398 e. The summed E-state index contributed by atoms with van der Waals surface area (Å²) < 4.78 is 0. The van der Waals surface area contributed by atoms with Crippen LogP contribution in [0.15, 0.2) is 18.5 Å². The molecule has 1 saturated carbocycles. The van der Waals surface area contributed by atoms with Crippen LogP contribution in [0, 0.1) is 0 Å². The number of hydrogen-bond acceptors (Lipinski definition) is 4. The standard InChI is InChI=1S/C15H25N3O/c1-18(2)15(7-4-3-5-8-15)14(19)10-12-11-17-9-6-13(12)16/h6,9,11,14,19H,3-5,7-8,10H2,1-2H3,(H2,16,17). The molecule has 1 heterocycles. The molecule has 1 atom stereocenters. The molecule has 4 nitrogen and oxygen atoms in total. The van der Waals surface area contributed by atoms with Gasteiger partial charge in [0.1, 0.15) is 0 Å². The highest BCUT2D eigenvalue weighted by Gasteiger charge is 2.40. The Hall–Kier alpha value is -1.13. The average molecular weight is 263 g/mol. The van der Waals surface area contributed by atoms with Gasteiger partial charge in [0.25, 0.3) is 0 Å². The van der Waals surface area contributed by atoms with Crippen molar-refractivity contribution in [1.82, 2.24) is 9.88 Å². The van der Waals surface area contributed by atoms with Gasteiger partial charge in [-0.25, -0.2) is 0 Å². The molecule has 1 aromatic heterocycles. The number of rotatable bonds is 4. The van der Waals surface area contributed by atoms with Crippen LogP contribution in [0.2, 0.25) is 0 Å². The number of nitrogen functional groups attached to an aromatic ring is 1. The van der Waals surface area contributed by atoms with E-state index in [0.717, 1.165) is 24.1 Å². The van der Waals surface area contributed by atoms with Crippen molar-refractivity contribution in [1.29, 1.82) is 0 Å². The van der Waals surface area contributed by atoms with Gasteiger partial charge in [0.05, 0.1) is 6.10 Å². The fraction of sp³-hybridized carbons (Fsp3) is 0.667. The van der Waals surface area contributed by atoms with Gasteiger partial charge in [0.2, 0.25) is 0 Å². The molecular formula is C15H25N3O. The predicted molar refractivity (Wildman–Crippen MR) is 77.9 cm³/mol. The highest BCUT2D eigenvalue weighted by molar-refractivity contribution is 5.44. The highest BCUT2D eigenvalue weighted by Crippen LogP contribution is 2.36. The van der Waals surface area contributed by atoms with E-state index < -0.39 is 6.10 Å². The number of likely N-dealkylation sites (N-methyl/N-ethyl adjacent to an activating group) is 1. The molecule has 0 saturated heterocycles. The van der Waals surface area contributed by atoms with Crippen molar-refractivity contribution in [2.45, 2.75) is 50.2 Å². The van der Waals surface area contributed by atoms with Gasteiger partial charge < -0.3 is 15.7 Å². The number of anilines is 1. The van der Waals surface area contributed by atoms with Crippen LogP contribution in [0.1, 0.15) is 37.7 Å². The number of nitrogens with zero attached hydrogens (tertiary/aromatic N) is 2. The van der Waals surface area contributed by atoms with Crippen molar-refractivity contribution in [2.75, 3.05) is 19.8 Å². The van der Waals surface area contributed by atoms with Crippen molar-refractivity contribution in [3.63, 3.8) is 0 Å². The van der Waals surface area contributed by atoms with Crippen molar-refractivity contribution in [3.05, 3.63) is 24.0 Å². The molecule has 19 heavy (non-hydrogen) atoms. The van der Waals surface area contributed by atoms with Gasteiger partial charge in [0.15, 0.2) is 0 Å². The zero-order chi connectivity index (χ0) is 13.9. The molecule has 4 heteroatoms. The predicted octanol–water partition coefficient (Wildman–Crippen LogP) is 1.83. The van der Waals surface area contributed by atoms with Gasteiger partial charge in [-0.1, -0.05) is 19.3 Å². The summed E-state index contributed by atoms with van der Waals surface area (Å²) in [4.78, 5) is 6.30. The second kappa shape index (κ2) is 5.88. The van der Waals surface area contributed by atoms with Crippen molar-refractivity contribution in [3.8, 4) is 0 Å². The van der Waals surface area contributed by atoms with E-state index in [1.54, 1.807) is 18.5 Å². The first kappa shape index (κ1) is 14.3. The monoisotopic (exact) mass is 263 g/mol. The summed E-state index contributed by atoms with van der Waals surface area (Å²) in [6, 6.07) is 1.80. The summed E-state index contributed by atoms with van der Waals surface area (Å²) in [5.41, 5.74) is 7.51. The minimum absolute atomic E-state index is 0.111. The molecule has 1 aliphatic carbocycles. The second-order valence-corrected chi connectivity index (χ2v) is 5.85. The van der Waals surface area contributed by atoms with E-state index in [2.05, 4.69) is 24.0 Å². The Morgan fingerprint density at radius 3 is 2.63 bits per heavy atom. The Labute approximate surface area is 115 Å². The van der Waals surface area contributed by atoms with Crippen molar-refractivity contribution < 1.29 is 5.11 Å². The fourth-order valence-electron chi connectivity index (χ4n) is 3.25. The molecule has 106 valence electrons. The number of aliphatic hydroxyl groups excluding tert-OH is 1. The normalized spacial score (nSPS) is 20.4. The molecule has 1 aromatic rings. The lowest BCUT2D eigenvalue weighted by atomic mass is 9.75. The van der Waals surface area contributed by atoms with Crippen molar-refractivity contribution in [2.24, 2.45) is 0 Å². The summed E-state index contributed by atoms with van der Waals surface area (Å²) >= 11 is 0. The third-order valence-electron chi connectivity index (χ3n) is 4.58. The highest BCUT2D eigenvalue weighted by atomic mass is 16.3. The number of aromatic nitrogens is 1. The van der Waals surface area contributed by atoms with Crippen LogP contribution in [-0.4, -0.2) is 40.7 Å². The van der Waals surface area contributed by atoms with Gasteiger partial charge in [-0.2, -0.15) is 0 Å². The summed E-state index contributed by atoms with van der Waals surface area (Å²) in [5.74, 6) is 0. The van der Waals surface area contributed by atoms with Gasteiger partial charge in [0, 0.05) is 30.0 Å². The largest absolute Gasteiger partial charge is 0.398 e. The van der Waals surface area contributed by atoms with E-state index in [1.165, 1.54) is 19.3 Å². The van der Waals surface area contributed by atoms with Gasteiger partial charge in [-0.3, -0.25) is 4.98 Å². The summed E-state index contributed by atoms with van der Waals surface area (Å²) in [5, 5.41) is 10.7. The molecule has 0 spiro atoms. The van der Waals surface area contributed by atoms with Crippen LogP contribution in [0.25, 0.3) is 0 Å². The maximum absolute atomic E-state index is 10.7. The first-order chi connectivity index (χ1) is 9.06. The first-order valence-electron chi connectivity index (χ1n) is 7.10.